The summed E-state index contributed by atoms with van der Waals surface area (Å²) in [4.78, 5) is 4.76. The first-order chi connectivity index (χ1) is 7.52. The topological polar surface area (TPSA) is 38.9 Å². The molecule has 2 heterocycles. The Morgan fingerprint density at radius 2 is 2.12 bits per heavy atom. The minimum absolute atomic E-state index is 0.326. The molecule has 0 aromatic carbocycles. The third-order valence-electron chi connectivity index (χ3n) is 1.94. The minimum Gasteiger partial charge on any atom is -0.326 e. The summed E-state index contributed by atoms with van der Waals surface area (Å²) in [7, 11) is 0. The van der Waals surface area contributed by atoms with E-state index in [1.165, 1.54) is 17.5 Å². The van der Waals surface area contributed by atoms with Gasteiger partial charge in [-0.25, -0.2) is 4.98 Å². The van der Waals surface area contributed by atoms with Gasteiger partial charge in [0.15, 0.2) is 5.01 Å². The van der Waals surface area contributed by atoms with Crippen molar-refractivity contribution in [1.82, 2.24) is 4.98 Å². The Kier molecular flexibility index (Phi) is 3.00. The number of thiophene rings is 1. The van der Waals surface area contributed by atoms with Crippen molar-refractivity contribution in [3.05, 3.63) is 27.5 Å². The molecule has 0 spiro atoms. The number of nitrogens with two attached hydrogens (primary N) is 1. The number of nitrogens with zero attached hydrogens (tertiary/aromatic N) is 1. The quantitative estimate of drug-likeness (QED) is 0.903. The monoisotopic (exact) mass is 264 g/mol. The van der Waals surface area contributed by atoms with Gasteiger partial charge in [0.1, 0.15) is 0 Å². The van der Waals surface area contributed by atoms with E-state index in [-0.39, 0.29) is 0 Å². The zero-order chi connectivity index (χ0) is 11.8. The van der Waals surface area contributed by atoms with Gasteiger partial charge in [0.05, 0.1) is 4.88 Å². The van der Waals surface area contributed by atoms with Crippen molar-refractivity contribution in [3.8, 4) is 10.4 Å². The van der Waals surface area contributed by atoms with Crippen LogP contribution in [0.4, 0.5) is 13.2 Å². The lowest BCUT2D eigenvalue weighted by molar-refractivity contribution is -0.137. The molecule has 2 nitrogen and oxygen atoms in total. The van der Waals surface area contributed by atoms with Gasteiger partial charge in [0, 0.05) is 23.2 Å². The largest absolute Gasteiger partial charge is 0.443 e. The Balaban J connectivity index is 2.39. The van der Waals surface area contributed by atoms with Crippen molar-refractivity contribution in [1.29, 1.82) is 0 Å². The van der Waals surface area contributed by atoms with E-state index in [0.29, 0.717) is 22.8 Å². The van der Waals surface area contributed by atoms with E-state index in [2.05, 4.69) is 4.98 Å². The fourth-order valence-corrected chi connectivity index (χ4v) is 2.92. The second-order valence-electron chi connectivity index (χ2n) is 2.99. The van der Waals surface area contributed by atoms with E-state index in [4.69, 9.17) is 5.73 Å². The maximum absolute atomic E-state index is 12.4. The van der Waals surface area contributed by atoms with E-state index in [1.807, 2.05) is 5.38 Å². The van der Waals surface area contributed by atoms with Crippen LogP contribution in [0.2, 0.25) is 0 Å². The first-order valence-corrected chi connectivity index (χ1v) is 6.02. The summed E-state index contributed by atoms with van der Waals surface area (Å²) < 4.78 is 37.1. The molecule has 0 radical (unpaired) electrons. The highest BCUT2D eigenvalue weighted by molar-refractivity contribution is 7.16. The normalized spacial score (nSPS) is 12.0. The van der Waals surface area contributed by atoms with E-state index in [9.17, 15) is 13.2 Å². The van der Waals surface area contributed by atoms with Crippen LogP contribution in [-0.4, -0.2) is 4.98 Å². The lowest BCUT2D eigenvalue weighted by atomic mass is 10.2. The lowest BCUT2D eigenvalue weighted by Crippen LogP contribution is -2.02. The van der Waals surface area contributed by atoms with Gasteiger partial charge in [-0.1, -0.05) is 0 Å². The van der Waals surface area contributed by atoms with Gasteiger partial charge in [0.2, 0.25) is 0 Å². The molecule has 0 atom stereocenters. The van der Waals surface area contributed by atoms with Gasteiger partial charge in [-0.2, -0.15) is 13.2 Å². The molecular formula is C9H7F3N2S2. The number of hydrogen-bond donors (Lipinski definition) is 1. The van der Waals surface area contributed by atoms with E-state index < -0.39 is 11.2 Å². The molecule has 0 fully saturated rings. The first-order valence-electron chi connectivity index (χ1n) is 4.32. The average molecular weight is 264 g/mol. The van der Waals surface area contributed by atoms with Crippen LogP contribution in [0.25, 0.3) is 10.4 Å². The standard InChI is InChI=1S/C9H7F3N2S2/c10-9(11,12)8-14-4-7(16-8)5-1-2-15-6(5)3-13/h1-2,4H,3,13H2. The minimum atomic E-state index is -4.37. The van der Waals surface area contributed by atoms with Crippen molar-refractivity contribution >= 4 is 22.7 Å². The molecule has 2 N–H and O–H groups in total. The summed E-state index contributed by atoms with van der Waals surface area (Å²) in [6.07, 6.45) is -3.13. The van der Waals surface area contributed by atoms with Gasteiger partial charge >= 0.3 is 6.18 Å². The molecule has 0 unspecified atom stereocenters. The Morgan fingerprint density at radius 3 is 2.69 bits per heavy atom. The van der Waals surface area contributed by atoms with Crippen molar-refractivity contribution in [3.63, 3.8) is 0 Å². The fourth-order valence-electron chi connectivity index (χ4n) is 1.25. The SMILES string of the molecule is NCc1sccc1-c1cnc(C(F)(F)F)s1. The van der Waals surface area contributed by atoms with Crippen LogP contribution in [0.5, 0.6) is 0 Å². The van der Waals surface area contributed by atoms with Crippen LogP contribution in [-0.2, 0) is 12.7 Å². The third-order valence-corrected chi connectivity index (χ3v) is 3.96. The average Bonchev–Trinajstić information content (AvgIpc) is 2.84. The summed E-state index contributed by atoms with van der Waals surface area (Å²) in [6, 6.07) is 1.76. The molecule has 0 amide bonds. The fraction of sp³-hybridized carbons (Fsp3) is 0.222. The molecule has 0 aliphatic heterocycles. The number of hydrogen-bond acceptors (Lipinski definition) is 4. The molecule has 0 saturated heterocycles. The van der Waals surface area contributed by atoms with E-state index in [1.54, 1.807) is 6.07 Å². The maximum Gasteiger partial charge on any atom is 0.443 e. The lowest BCUT2D eigenvalue weighted by Gasteiger charge is -1.99. The molecule has 0 bridgehead atoms. The van der Waals surface area contributed by atoms with Crippen LogP contribution in [0.1, 0.15) is 9.88 Å². The summed E-state index contributed by atoms with van der Waals surface area (Å²) in [5.41, 5.74) is 6.25. The molecule has 86 valence electrons. The Hall–Kier alpha value is -0.920. The molecule has 2 aromatic heterocycles. The summed E-state index contributed by atoms with van der Waals surface area (Å²) in [5.74, 6) is 0. The van der Waals surface area contributed by atoms with Crippen molar-refractivity contribution in [2.45, 2.75) is 12.7 Å². The second-order valence-corrected chi connectivity index (χ2v) is 5.02. The number of rotatable bonds is 2. The van der Waals surface area contributed by atoms with Crippen LogP contribution in [0.15, 0.2) is 17.6 Å². The predicted octanol–water partition coefficient (Wildman–Crippen LogP) is 3.35. The summed E-state index contributed by atoms with van der Waals surface area (Å²) in [5, 5.41) is 0.988. The van der Waals surface area contributed by atoms with Gasteiger partial charge in [-0.15, -0.1) is 22.7 Å². The maximum atomic E-state index is 12.4. The van der Waals surface area contributed by atoms with Crippen molar-refractivity contribution < 1.29 is 13.2 Å². The Bertz CT molecular complexity index is 487. The van der Waals surface area contributed by atoms with E-state index in [0.717, 1.165) is 10.4 Å². The van der Waals surface area contributed by atoms with E-state index >= 15 is 0 Å². The van der Waals surface area contributed by atoms with Crippen molar-refractivity contribution in [2.75, 3.05) is 0 Å². The molecule has 0 aliphatic carbocycles. The highest BCUT2D eigenvalue weighted by Gasteiger charge is 2.34. The molecule has 16 heavy (non-hydrogen) atoms. The van der Waals surface area contributed by atoms with Crippen LogP contribution < -0.4 is 5.73 Å². The molecule has 0 saturated carbocycles. The number of thiazole rings is 1. The first kappa shape index (κ1) is 11.6. The molecule has 0 aliphatic rings. The number of aromatic nitrogens is 1. The Morgan fingerprint density at radius 1 is 1.38 bits per heavy atom. The van der Waals surface area contributed by atoms with Gasteiger partial charge < -0.3 is 5.73 Å². The molecule has 2 rings (SSSR count). The van der Waals surface area contributed by atoms with Crippen LogP contribution >= 0.6 is 22.7 Å². The van der Waals surface area contributed by atoms with Crippen molar-refractivity contribution in [2.24, 2.45) is 5.73 Å². The molecule has 7 heteroatoms. The second kappa shape index (κ2) is 4.15. The van der Waals surface area contributed by atoms with Gasteiger partial charge in [-0.05, 0) is 11.4 Å². The highest BCUT2D eigenvalue weighted by atomic mass is 32.1. The van der Waals surface area contributed by atoms with Gasteiger partial charge in [-0.3, -0.25) is 0 Å². The smallest absolute Gasteiger partial charge is 0.326 e. The molecule has 2 aromatic rings. The Labute approximate surface area is 97.6 Å². The van der Waals surface area contributed by atoms with Crippen LogP contribution in [0.3, 0.4) is 0 Å². The third kappa shape index (κ3) is 2.11. The zero-order valence-corrected chi connectivity index (χ0v) is 9.55. The molecular weight excluding hydrogens is 257 g/mol. The summed E-state index contributed by atoms with van der Waals surface area (Å²) in [6.45, 7) is 0.326. The predicted molar refractivity (Wildman–Crippen MR) is 58.3 cm³/mol. The van der Waals surface area contributed by atoms with Gasteiger partial charge in [0.25, 0.3) is 0 Å². The summed E-state index contributed by atoms with van der Waals surface area (Å²) >= 11 is 2.08. The number of halogens is 3. The van der Waals surface area contributed by atoms with Crippen LogP contribution in [0, 0.1) is 0 Å². The zero-order valence-electron chi connectivity index (χ0n) is 7.91. The highest BCUT2D eigenvalue weighted by Crippen LogP contribution is 2.38. The number of alkyl halides is 3.